The molecule has 0 saturated heterocycles. The minimum Gasteiger partial charge on any atom is -0.449 e. The van der Waals surface area contributed by atoms with Crippen LogP contribution in [0, 0.1) is 0 Å². The Labute approximate surface area is 168 Å². The van der Waals surface area contributed by atoms with Crippen LogP contribution < -0.4 is 9.44 Å². The summed E-state index contributed by atoms with van der Waals surface area (Å²) in [6.45, 7) is 12.9. The van der Waals surface area contributed by atoms with Crippen LogP contribution in [-0.2, 0) is 29.5 Å². The first-order valence-electron chi connectivity index (χ1n) is 8.79. The lowest BCUT2D eigenvalue weighted by molar-refractivity contribution is 0.150. The standard InChI is InChI=1S/C9H19NO4S.C7H15NO4S/c1-5-6-7-14-8(11)10-15(12,13)9(2,3)4;1-5-12-6(9)8-13(10,11)7(2,3)4/h5-7H2,1-4H3,(H,10,11);5H2,1-4H3,(H,8,9). The summed E-state index contributed by atoms with van der Waals surface area (Å²) in [5.74, 6) is 0. The first kappa shape index (κ1) is 28.6. The molecule has 0 spiro atoms. The fraction of sp³-hybridized carbons (Fsp3) is 0.875. The average molecular weight is 447 g/mol. The molecular weight excluding hydrogens is 412 g/mol. The zero-order valence-electron chi connectivity index (χ0n) is 17.9. The lowest BCUT2D eigenvalue weighted by Gasteiger charge is -2.19. The fourth-order valence-electron chi connectivity index (χ4n) is 1.02. The van der Waals surface area contributed by atoms with Crippen LogP contribution in [0.3, 0.4) is 0 Å². The molecule has 10 nitrogen and oxygen atoms in total. The number of unbranched alkanes of at least 4 members (excludes halogenated alkanes) is 1. The maximum Gasteiger partial charge on any atom is 0.420 e. The zero-order valence-corrected chi connectivity index (χ0v) is 19.5. The molecule has 0 aromatic heterocycles. The summed E-state index contributed by atoms with van der Waals surface area (Å²) in [6.07, 6.45) is -0.224. The van der Waals surface area contributed by atoms with E-state index in [2.05, 4.69) is 9.47 Å². The molecule has 28 heavy (non-hydrogen) atoms. The summed E-state index contributed by atoms with van der Waals surface area (Å²) in [7, 11) is -7.30. The molecule has 0 aromatic rings. The quantitative estimate of drug-likeness (QED) is 0.592. The third-order valence-electron chi connectivity index (χ3n) is 3.05. The van der Waals surface area contributed by atoms with Gasteiger partial charge in [0.05, 0.1) is 22.7 Å². The Morgan fingerprint density at radius 2 is 1.11 bits per heavy atom. The molecule has 0 aromatic carbocycles. The molecule has 168 valence electrons. The van der Waals surface area contributed by atoms with E-state index in [4.69, 9.17) is 0 Å². The largest absolute Gasteiger partial charge is 0.449 e. The zero-order chi connectivity index (χ0) is 22.8. The number of sulfonamides is 2. The molecule has 2 N–H and O–H groups in total. The van der Waals surface area contributed by atoms with E-state index in [0.717, 1.165) is 12.8 Å². The van der Waals surface area contributed by atoms with E-state index in [0.29, 0.717) is 0 Å². The van der Waals surface area contributed by atoms with E-state index in [9.17, 15) is 26.4 Å². The summed E-state index contributed by atoms with van der Waals surface area (Å²) in [6, 6.07) is 0. The second-order valence-corrected chi connectivity index (χ2v) is 12.5. The number of amides is 2. The van der Waals surface area contributed by atoms with E-state index in [1.165, 1.54) is 41.5 Å². The molecule has 0 radical (unpaired) electrons. The molecule has 0 heterocycles. The highest BCUT2D eigenvalue weighted by Gasteiger charge is 2.31. The maximum absolute atomic E-state index is 11.5. The molecule has 0 aliphatic rings. The van der Waals surface area contributed by atoms with Crippen molar-refractivity contribution >= 4 is 32.2 Å². The summed E-state index contributed by atoms with van der Waals surface area (Å²) >= 11 is 0. The molecule has 0 rings (SSSR count). The van der Waals surface area contributed by atoms with Gasteiger partial charge in [-0.25, -0.2) is 35.9 Å². The van der Waals surface area contributed by atoms with Crippen LogP contribution in [0.2, 0.25) is 0 Å². The lowest BCUT2D eigenvalue weighted by atomic mass is 10.3. The number of nitrogens with one attached hydrogen (secondary N) is 2. The predicted octanol–water partition coefficient (Wildman–Crippen LogP) is 2.50. The molecule has 0 atom stereocenters. The van der Waals surface area contributed by atoms with Crippen LogP contribution in [0.15, 0.2) is 0 Å². The van der Waals surface area contributed by atoms with Gasteiger partial charge in [0.25, 0.3) is 0 Å². The van der Waals surface area contributed by atoms with E-state index in [-0.39, 0.29) is 13.2 Å². The van der Waals surface area contributed by atoms with Crippen molar-refractivity contribution in [3.63, 3.8) is 0 Å². The Morgan fingerprint density at radius 1 is 0.750 bits per heavy atom. The Kier molecular flexibility index (Phi) is 11.7. The predicted molar refractivity (Wildman–Crippen MR) is 107 cm³/mol. The second kappa shape index (κ2) is 11.4. The van der Waals surface area contributed by atoms with Gasteiger partial charge in [-0.2, -0.15) is 0 Å². The second-order valence-electron chi connectivity index (χ2n) is 7.65. The van der Waals surface area contributed by atoms with Crippen molar-refractivity contribution in [1.82, 2.24) is 9.44 Å². The third-order valence-corrected chi connectivity index (χ3v) is 7.15. The van der Waals surface area contributed by atoms with Crippen molar-refractivity contribution in [3.05, 3.63) is 0 Å². The van der Waals surface area contributed by atoms with Gasteiger partial charge in [0.15, 0.2) is 0 Å². The van der Waals surface area contributed by atoms with Crippen LogP contribution >= 0.6 is 0 Å². The summed E-state index contributed by atoms with van der Waals surface area (Å²) < 4.78 is 56.4. The number of hydrogen-bond acceptors (Lipinski definition) is 8. The van der Waals surface area contributed by atoms with Crippen LogP contribution in [-0.4, -0.2) is 51.7 Å². The normalized spacial score (nSPS) is 12.3. The third kappa shape index (κ3) is 11.3. The monoisotopic (exact) mass is 446 g/mol. The number of carbonyl (C=O) groups is 2. The fourth-order valence-corrected chi connectivity index (χ4v) is 2.19. The van der Waals surface area contributed by atoms with Crippen LogP contribution in [0.4, 0.5) is 9.59 Å². The van der Waals surface area contributed by atoms with Crippen LogP contribution in [0.1, 0.15) is 68.2 Å². The van der Waals surface area contributed by atoms with E-state index in [1.54, 1.807) is 6.92 Å². The Morgan fingerprint density at radius 3 is 1.39 bits per heavy atom. The van der Waals surface area contributed by atoms with Crippen molar-refractivity contribution in [2.45, 2.75) is 77.7 Å². The van der Waals surface area contributed by atoms with Crippen LogP contribution in [0.25, 0.3) is 0 Å². The van der Waals surface area contributed by atoms with Gasteiger partial charge in [0.1, 0.15) is 0 Å². The summed E-state index contributed by atoms with van der Waals surface area (Å²) in [4.78, 5) is 21.9. The summed E-state index contributed by atoms with van der Waals surface area (Å²) in [5.41, 5.74) is 0. The minimum atomic E-state index is -3.66. The highest BCUT2D eigenvalue weighted by atomic mass is 32.2. The average Bonchev–Trinajstić information content (AvgIpc) is 2.44. The molecule has 0 aliphatic carbocycles. The first-order chi connectivity index (χ1) is 12.4. The smallest absolute Gasteiger partial charge is 0.420 e. The van der Waals surface area contributed by atoms with Crippen molar-refractivity contribution in [2.24, 2.45) is 0 Å². The Bertz CT molecular complexity index is 702. The number of hydrogen-bond donors (Lipinski definition) is 2. The highest BCUT2D eigenvalue weighted by molar-refractivity contribution is 7.91. The number of rotatable bonds is 6. The first-order valence-corrected chi connectivity index (χ1v) is 11.8. The van der Waals surface area contributed by atoms with Gasteiger partial charge >= 0.3 is 12.2 Å². The van der Waals surface area contributed by atoms with E-state index in [1.807, 2.05) is 16.4 Å². The lowest BCUT2D eigenvalue weighted by Crippen LogP contribution is -2.42. The van der Waals surface area contributed by atoms with Gasteiger partial charge in [-0.05, 0) is 54.9 Å². The summed E-state index contributed by atoms with van der Waals surface area (Å²) in [5, 5.41) is 0. The van der Waals surface area contributed by atoms with Crippen LogP contribution in [0.5, 0.6) is 0 Å². The van der Waals surface area contributed by atoms with Gasteiger partial charge in [-0.15, -0.1) is 0 Å². The molecule has 0 fully saturated rings. The molecule has 0 bridgehead atoms. The van der Waals surface area contributed by atoms with Crippen molar-refractivity contribution in [3.8, 4) is 0 Å². The molecule has 2 amide bonds. The van der Waals surface area contributed by atoms with E-state index >= 15 is 0 Å². The minimum absolute atomic E-state index is 0.144. The topological polar surface area (TPSA) is 145 Å². The highest BCUT2D eigenvalue weighted by Crippen LogP contribution is 2.13. The molecular formula is C16H34N2O8S2. The molecule has 0 aliphatic heterocycles. The number of carbonyl (C=O) groups excluding carboxylic acids is 2. The molecule has 0 unspecified atom stereocenters. The van der Waals surface area contributed by atoms with Crippen molar-refractivity contribution in [1.29, 1.82) is 0 Å². The van der Waals surface area contributed by atoms with Gasteiger partial charge < -0.3 is 9.47 Å². The van der Waals surface area contributed by atoms with Crippen molar-refractivity contribution < 1.29 is 35.9 Å². The van der Waals surface area contributed by atoms with E-state index < -0.39 is 41.7 Å². The molecule has 0 saturated carbocycles. The maximum atomic E-state index is 11.5. The van der Waals surface area contributed by atoms with Gasteiger partial charge in [-0.1, -0.05) is 13.3 Å². The van der Waals surface area contributed by atoms with Gasteiger partial charge in [0.2, 0.25) is 20.0 Å². The number of ether oxygens (including phenoxy) is 2. The SMILES string of the molecule is CCCCOC(=O)NS(=O)(=O)C(C)(C)C.CCOC(=O)NS(=O)(=O)C(C)(C)C. The Hall–Kier alpha value is -1.56. The molecule has 12 heteroatoms. The van der Waals surface area contributed by atoms with Gasteiger partial charge in [0, 0.05) is 0 Å². The van der Waals surface area contributed by atoms with Crippen molar-refractivity contribution in [2.75, 3.05) is 13.2 Å². The van der Waals surface area contributed by atoms with Gasteiger partial charge in [-0.3, -0.25) is 0 Å². The Balaban J connectivity index is 0.